The van der Waals surface area contributed by atoms with Gasteiger partial charge in [-0.2, -0.15) is 0 Å². The predicted octanol–water partition coefficient (Wildman–Crippen LogP) is 5.17. The number of carbonyl (C=O) groups excluding carboxylic acids is 1. The number of rotatable bonds is 1. The van der Waals surface area contributed by atoms with Crippen LogP contribution in [0.3, 0.4) is 0 Å². The van der Waals surface area contributed by atoms with Gasteiger partial charge in [0, 0.05) is 18.3 Å². The number of hydrogen-bond acceptors (Lipinski definition) is 3. The molecule has 0 N–H and O–H groups in total. The van der Waals surface area contributed by atoms with E-state index in [2.05, 4.69) is 26.0 Å². The molecule has 1 heterocycles. The molecule has 0 radical (unpaired) electrons. The first kappa shape index (κ1) is 16.9. The normalized spacial score (nSPS) is 49.7. The van der Waals surface area contributed by atoms with Crippen molar-refractivity contribution in [1.82, 2.24) is 0 Å². The minimum absolute atomic E-state index is 0.0382. The van der Waals surface area contributed by atoms with E-state index in [4.69, 9.17) is 9.47 Å². The fraction of sp³-hybridized carbons (Fsp3) is 0.783. The molecule has 5 aliphatic rings. The van der Waals surface area contributed by atoms with Crippen LogP contribution in [0.15, 0.2) is 23.5 Å². The molecule has 3 heteroatoms. The maximum absolute atomic E-state index is 12.0. The van der Waals surface area contributed by atoms with Gasteiger partial charge in [-0.1, -0.05) is 19.9 Å². The van der Waals surface area contributed by atoms with E-state index in [1.54, 1.807) is 7.11 Å². The number of allylic oxidation sites excluding steroid dienone is 4. The van der Waals surface area contributed by atoms with Crippen molar-refractivity contribution in [2.45, 2.75) is 77.2 Å². The lowest BCUT2D eigenvalue weighted by Crippen LogP contribution is -2.54. The number of fused-ring (bicyclic) bond motifs is 6. The van der Waals surface area contributed by atoms with Gasteiger partial charge in [0.1, 0.15) is 5.60 Å². The maximum atomic E-state index is 12.0. The fourth-order valence-corrected chi connectivity index (χ4v) is 7.76. The second-order valence-electron chi connectivity index (χ2n) is 9.97. The predicted molar refractivity (Wildman–Crippen MR) is 100 cm³/mol. The van der Waals surface area contributed by atoms with Crippen LogP contribution in [0.25, 0.3) is 0 Å². The Kier molecular flexibility index (Phi) is 3.50. The summed E-state index contributed by atoms with van der Waals surface area (Å²) in [5, 5.41) is 0. The summed E-state index contributed by atoms with van der Waals surface area (Å²) in [5.41, 5.74) is 1.85. The lowest BCUT2D eigenvalue weighted by Gasteiger charge is -2.58. The highest BCUT2D eigenvalue weighted by atomic mass is 16.6. The minimum atomic E-state index is -0.152. The largest absolute Gasteiger partial charge is 0.501 e. The molecule has 3 fully saturated rings. The number of ether oxygens (including phenoxy) is 2. The van der Waals surface area contributed by atoms with E-state index in [0.29, 0.717) is 17.8 Å². The van der Waals surface area contributed by atoms with Crippen LogP contribution in [0, 0.1) is 28.6 Å². The second-order valence-corrected chi connectivity index (χ2v) is 9.97. The molecule has 26 heavy (non-hydrogen) atoms. The van der Waals surface area contributed by atoms with Gasteiger partial charge in [-0.3, -0.25) is 4.79 Å². The first-order chi connectivity index (χ1) is 12.4. The van der Waals surface area contributed by atoms with E-state index in [1.807, 2.05) is 0 Å². The highest BCUT2D eigenvalue weighted by molar-refractivity contribution is 5.72. The van der Waals surface area contributed by atoms with Gasteiger partial charge in [0.15, 0.2) is 0 Å². The fourth-order valence-electron chi connectivity index (χ4n) is 7.76. The van der Waals surface area contributed by atoms with Crippen LogP contribution in [-0.2, 0) is 14.3 Å². The van der Waals surface area contributed by atoms with Crippen LogP contribution in [0.2, 0.25) is 0 Å². The molecule has 0 bridgehead atoms. The number of carbonyl (C=O) groups is 1. The third-order valence-corrected chi connectivity index (χ3v) is 9.33. The quantitative estimate of drug-likeness (QED) is 0.608. The van der Waals surface area contributed by atoms with Gasteiger partial charge in [0.05, 0.1) is 12.9 Å². The van der Waals surface area contributed by atoms with Crippen LogP contribution in [0.4, 0.5) is 0 Å². The van der Waals surface area contributed by atoms with Gasteiger partial charge in [0.25, 0.3) is 0 Å². The van der Waals surface area contributed by atoms with Gasteiger partial charge >= 0.3 is 5.97 Å². The molecule has 1 spiro atoms. The Morgan fingerprint density at radius 2 is 1.88 bits per heavy atom. The summed E-state index contributed by atoms with van der Waals surface area (Å²) in [7, 11) is 1.80. The highest BCUT2D eigenvalue weighted by Crippen LogP contribution is 2.69. The standard InChI is InChI=1S/C23H32O3/c1-21-10-6-16(25-3)14-15(21)4-5-17-18(21)7-11-22(2)19(17)8-12-23(22)13-9-20(24)26-23/h4,14,17-19H,5-13H2,1-3H3/t17-,18+,19+,21+,22-,23-/m1/s1. The van der Waals surface area contributed by atoms with Crippen molar-refractivity contribution >= 4 is 5.97 Å². The number of esters is 1. The van der Waals surface area contributed by atoms with Gasteiger partial charge < -0.3 is 9.47 Å². The van der Waals surface area contributed by atoms with Gasteiger partial charge in [-0.05, 0) is 79.8 Å². The smallest absolute Gasteiger partial charge is 0.306 e. The average molecular weight is 357 g/mol. The molecule has 0 aromatic heterocycles. The SMILES string of the molecule is COC1=CC2=CC[C@@H]3[C@H](CC[C@]4(C)[C@H]3CC[C@@]43CCC(=O)O3)[C@@]2(C)CC1. The molecular weight excluding hydrogens is 324 g/mol. The molecule has 0 amide bonds. The minimum Gasteiger partial charge on any atom is -0.501 e. The highest BCUT2D eigenvalue weighted by Gasteiger charge is 2.66. The van der Waals surface area contributed by atoms with Crippen LogP contribution < -0.4 is 0 Å². The zero-order chi connectivity index (χ0) is 18.2. The van der Waals surface area contributed by atoms with Crippen LogP contribution in [0.1, 0.15) is 71.6 Å². The van der Waals surface area contributed by atoms with Crippen molar-refractivity contribution in [2.75, 3.05) is 7.11 Å². The molecule has 142 valence electrons. The van der Waals surface area contributed by atoms with E-state index < -0.39 is 0 Å². The monoisotopic (exact) mass is 356 g/mol. The summed E-state index contributed by atoms with van der Waals surface area (Å²) in [6, 6.07) is 0. The van der Waals surface area contributed by atoms with Gasteiger partial charge in [-0.15, -0.1) is 0 Å². The Bertz CT molecular complexity index is 706. The Balaban J connectivity index is 1.49. The maximum Gasteiger partial charge on any atom is 0.306 e. The van der Waals surface area contributed by atoms with Crippen molar-refractivity contribution in [3.8, 4) is 0 Å². The zero-order valence-electron chi connectivity index (χ0n) is 16.5. The summed E-state index contributed by atoms with van der Waals surface area (Å²) in [6.07, 6.45) is 14.7. The summed E-state index contributed by atoms with van der Waals surface area (Å²) in [4.78, 5) is 12.0. The van der Waals surface area contributed by atoms with E-state index in [1.165, 1.54) is 37.7 Å². The first-order valence-corrected chi connectivity index (χ1v) is 10.6. The molecule has 2 saturated carbocycles. The number of methoxy groups -OCH3 is 1. The molecule has 4 aliphatic carbocycles. The summed E-state index contributed by atoms with van der Waals surface area (Å²) < 4.78 is 11.6. The van der Waals surface area contributed by atoms with Crippen molar-refractivity contribution in [3.63, 3.8) is 0 Å². The Morgan fingerprint density at radius 1 is 1.08 bits per heavy atom. The van der Waals surface area contributed by atoms with Crippen LogP contribution >= 0.6 is 0 Å². The average Bonchev–Trinajstić information content (AvgIpc) is 3.15. The molecule has 0 aromatic rings. The molecule has 3 nitrogen and oxygen atoms in total. The van der Waals surface area contributed by atoms with E-state index in [9.17, 15) is 4.79 Å². The van der Waals surface area contributed by atoms with Crippen molar-refractivity contribution in [2.24, 2.45) is 28.6 Å². The van der Waals surface area contributed by atoms with Crippen molar-refractivity contribution in [3.05, 3.63) is 23.5 Å². The summed E-state index contributed by atoms with van der Waals surface area (Å²) in [6.45, 7) is 4.95. The molecule has 1 saturated heterocycles. The Morgan fingerprint density at radius 3 is 2.62 bits per heavy atom. The lowest BCUT2D eigenvalue weighted by atomic mass is 9.47. The molecular formula is C23H32O3. The molecule has 6 atom stereocenters. The van der Waals surface area contributed by atoms with E-state index in [-0.39, 0.29) is 17.0 Å². The lowest BCUT2D eigenvalue weighted by molar-refractivity contribution is -0.167. The molecule has 5 rings (SSSR count). The topological polar surface area (TPSA) is 35.5 Å². The third kappa shape index (κ3) is 1.98. The van der Waals surface area contributed by atoms with Crippen LogP contribution in [0.5, 0.6) is 0 Å². The van der Waals surface area contributed by atoms with Gasteiger partial charge in [0.2, 0.25) is 0 Å². The van der Waals surface area contributed by atoms with Crippen molar-refractivity contribution in [1.29, 1.82) is 0 Å². The molecule has 0 unspecified atom stereocenters. The molecule has 1 aliphatic heterocycles. The van der Waals surface area contributed by atoms with Crippen LogP contribution in [-0.4, -0.2) is 18.7 Å². The molecule has 0 aromatic carbocycles. The van der Waals surface area contributed by atoms with Gasteiger partial charge in [-0.25, -0.2) is 0 Å². The van der Waals surface area contributed by atoms with E-state index in [0.717, 1.165) is 36.9 Å². The summed E-state index contributed by atoms with van der Waals surface area (Å²) in [5.74, 6) is 3.40. The van der Waals surface area contributed by atoms with Crippen molar-refractivity contribution < 1.29 is 14.3 Å². The Labute approximate surface area is 157 Å². The summed E-state index contributed by atoms with van der Waals surface area (Å²) >= 11 is 0. The zero-order valence-corrected chi connectivity index (χ0v) is 16.5. The third-order valence-electron chi connectivity index (χ3n) is 9.33. The van der Waals surface area contributed by atoms with E-state index >= 15 is 0 Å². The second kappa shape index (κ2) is 5.39. The Hall–Kier alpha value is -1.25. The number of hydrogen-bond donors (Lipinski definition) is 0. The first-order valence-electron chi connectivity index (χ1n) is 10.6.